The second-order valence-corrected chi connectivity index (χ2v) is 6.28. The van der Waals surface area contributed by atoms with E-state index < -0.39 is 5.91 Å². The number of pyridine rings is 1. The Balaban J connectivity index is 1.59. The largest absolute Gasteiger partial charge is 0.476 e. The number of nitrogens with two attached hydrogens (primary N) is 1. The standard InChI is InChI=1S/C22H23N3O2/c23-22(26)20-11-12-21(24-15-20)27-14-13-25(16-18-7-3-1-4-8-18)17-19-9-5-2-6-10-19/h1-12,15H,13-14,16-17H2,(H2,23,26). The predicted octanol–water partition coefficient (Wildman–Crippen LogP) is 3.26. The maximum atomic E-state index is 11.1. The lowest BCUT2D eigenvalue weighted by Crippen LogP contribution is -2.28. The molecule has 5 heteroatoms. The molecule has 1 aromatic heterocycles. The number of carbonyl (C=O) groups is 1. The summed E-state index contributed by atoms with van der Waals surface area (Å²) in [5, 5.41) is 0. The Labute approximate surface area is 159 Å². The first-order chi connectivity index (χ1) is 13.2. The summed E-state index contributed by atoms with van der Waals surface area (Å²) >= 11 is 0. The zero-order chi connectivity index (χ0) is 18.9. The van der Waals surface area contributed by atoms with Crippen molar-refractivity contribution in [3.8, 4) is 5.88 Å². The molecule has 0 radical (unpaired) electrons. The van der Waals surface area contributed by atoms with Crippen LogP contribution in [-0.2, 0) is 13.1 Å². The number of nitrogens with zero attached hydrogens (tertiary/aromatic N) is 2. The van der Waals surface area contributed by atoms with Crippen LogP contribution in [0.15, 0.2) is 79.0 Å². The van der Waals surface area contributed by atoms with E-state index in [0.29, 0.717) is 18.1 Å². The van der Waals surface area contributed by atoms with Crippen LogP contribution in [0.2, 0.25) is 0 Å². The molecule has 3 aromatic rings. The third-order valence-corrected chi connectivity index (χ3v) is 4.18. The molecule has 2 aromatic carbocycles. The van der Waals surface area contributed by atoms with Gasteiger partial charge in [-0.1, -0.05) is 60.7 Å². The van der Waals surface area contributed by atoms with Crippen LogP contribution in [0.25, 0.3) is 0 Å². The van der Waals surface area contributed by atoms with Gasteiger partial charge in [-0.25, -0.2) is 4.98 Å². The lowest BCUT2D eigenvalue weighted by Gasteiger charge is -2.22. The zero-order valence-electron chi connectivity index (χ0n) is 15.1. The van der Waals surface area contributed by atoms with E-state index in [1.807, 2.05) is 12.1 Å². The molecule has 1 amide bonds. The molecule has 0 fully saturated rings. The Kier molecular flexibility index (Phi) is 6.55. The van der Waals surface area contributed by atoms with Crippen molar-refractivity contribution >= 4 is 5.91 Å². The first kappa shape index (κ1) is 18.6. The van der Waals surface area contributed by atoms with Crippen molar-refractivity contribution in [1.82, 2.24) is 9.88 Å². The second kappa shape index (κ2) is 9.50. The first-order valence-electron chi connectivity index (χ1n) is 8.89. The van der Waals surface area contributed by atoms with Crippen LogP contribution in [0, 0.1) is 0 Å². The Morgan fingerprint density at radius 1 is 0.889 bits per heavy atom. The summed E-state index contributed by atoms with van der Waals surface area (Å²) in [7, 11) is 0. The van der Waals surface area contributed by atoms with E-state index in [4.69, 9.17) is 10.5 Å². The van der Waals surface area contributed by atoms with Gasteiger partial charge in [-0.05, 0) is 17.2 Å². The molecule has 0 aliphatic heterocycles. The van der Waals surface area contributed by atoms with Crippen LogP contribution < -0.4 is 10.5 Å². The molecule has 0 spiro atoms. The highest BCUT2D eigenvalue weighted by molar-refractivity contribution is 5.92. The van der Waals surface area contributed by atoms with Crippen LogP contribution >= 0.6 is 0 Å². The molecule has 27 heavy (non-hydrogen) atoms. The quantitative estimate of drug-likeness (QED) is 0.635. The maximum Gasteiger partial charge on any atom is 0.250 e. The van der Waals surface area contributed by atoms with Crippen molar-refractivity contribution in [2.45, 2.75) is 13.1 Å². The van der Waals surface area contributed by atoms with Gasteiger partial charge in [0.05, 0.1) is 5.56 Å². The monoisotopic (exact) mass is 361 g/mol. The Bertz CT molecular complexity index is 795. The molecular weight excluding hydrogens is 338 g/mol. The SMILES string of the molecule is NC(=O)c1ccc(OCCN(Cc2ccccc2)Cc2ccccc2)nc1. The number of benzene rings is 2. The molecular formula is C22H23N3O2. The minimum Gasteiger partial charge on any atom is -0.476 e. The van der Waals surface area contributed by atoms with Crippen LogP contribution in [0.5, 0.6) is 5.88 Å². The minimum atomic E-state index is -0.494. The van der Waals surface area contributed by atoms with Crippen molar-refractivity contribution in [3.05, 3.63) is 95.7 Å². The summed E-state index contributed by atoms with van der Waals surface area (Å²) in [4.78, 5) is 17.6. The number of primary amides is 1. The van der Waals surface area contributed by atoms with Gasteiger partial charge in [0.2, 0.25) is 11.8 Å². The van der Waals surface area contributed by atoms with E-state index in [-0.39, 0.29) is 0 Å². The zero-order valence-corrected chi connectivity index (χ0v) is 15.1. The molecule has 2 N–H and O–H groups in total. The highest BCUT2D eigenvalue weighted by Crippen LogP contribution is 2.11. The summed E-state index contributed by atoms with van der Waals surface area (Å²) in [5.41, 5.74) is 8.12. The van der Waals surface area contributed by atoms with Crippen LogP contribution in [0.1, 0.15) is 21.5 Å². The van der Waals surface area contributed by atoms with Gasteiger partial charge < -0.3 is 10.5 Å². The molecule has 5 nitrogen and oxygen atoms in total. The lowest BCUT2D eigenvalue weighted by atomic mass is 10.1. The fourth-order valence-electron chi connectivity index (χ4n) is 2.79. The van der Waals surface area contributed by atoms with Crippen molar-refractivity contribution in [3.63, 3.8) is 0 Å². The molecule has 0 unspecified atom stereocenters. The van der Waals surface area contributed by atoms with Crippen LogP contribution in [-0.4, -0.2) is 28.9 Å². The van der Waals surface area contributed by atoms with E-state index >= 15 is 0 Å². The third kappa shape index (κ3) is 5.94. The molecule has 0 aliphatic carbocycles. The van der Waals surface area contributed by atoms with Gasteiger partial charge in [0.1, 0.15) is 6.61 Å². The van der Waals surface area contributed by atoms with Crippen molar-refractivity contribution in [2.75, 3.05) is 13.2 Å². The number of rotatable bonds is 9. The summed E-state index contributed by atoms with van der Waals surface area (Å²) in [5.74, 6) is -0.00896. The van der Waals surface area contributed by atoms with Gasteiger partial charge in [-0.2, -0.15) is 0 Å². The molecule has 0 aliphatic rings. The fraction of sp³-hybridized carbons (Fsp3) is 0.182. The van der Waals surface area contributed by atoms with Gasteiger partial charge in [-0.3, -0.25) is 9.69 Å². The Morgan fingerprint density at radius 2 is 1.48 bits per heavy atom. The first-order valence-corrected chi connectivity index (χ1v) is 8.89. The van der Waals surface area contributed by atoms with E-state index in [2.05, 4.69) is 58.4 Å². The fourth-order valence-corrected chi connectivity index (χ4v) is 2.79. The van der Waals surface area contributed by atoms with Gasteiger partial charge >= 0.3 is 0 Å². The summed E-state index contributed by atoms with van der Waals surface area (Å²) in [6, 6.07) is 24.1. The highest BCUT2D eigenvalue weighted by Gasteiger charge is 2.08. The summed E-state index contributed by atoms with van der Waals surface area (Å²) < 4.78 is 5.74. The molecule has 3 rings (SSSR count). The number of hydrogen-bond acceptors (Lipinski definition) is 4. The van der Waals surface area contributed by atoms with E-state index in [9.17, 15) is 4.79 Å². The molecule has 138 valence electrons. The number of aromatic nitrogens is 1. The second-order valence-electron chi connectivity index (χ2n) is 6.28. The number of ether oxygens (including phenoxy) is 1. The topological polar surface area (TPSA) is 68.5 Å². The molecule has 0 saturated carbocycles. The Morgan fingerprint density at radius 3 is 1.96 bits per heavy atom. The van der Waals surface area contributed by atoms with E-state index in [1.54, 1.807) is 12.1 Å². The highest BCUT2D eigenvalue weighted by atomic mass is 16.5. The van der Waals surface area contributed by atoms with Gasteiger partial charge in [0.25, 0.3) is 0 Å². The lowest BCUT2D eigenvalue weighted by molar-refractivity contribution is 0.1000. The van der Waals surface area contributed by atoms with Gasteiger partial charge in [-0.15, -0.1) is 0 Å². The summed E-state index contributed by atoms with van der Waals surface area (Å²) in [6.45, 7) is 2.94. The normalized spacial score (nSPS) is 10.7. The average Bonchev–Trinajstić information content (AvgIpc) is 2.70. The summed E-state index contributed by atoms with van der Waals surface area (Å²) in [6.07, 6.45) is 1.43. The van der Waals surface area contributed by atoms with Crippen LogP contribution in [0.4, 0.5) is 0 Å². The minimum absolute atomic E-state index is 0.372. The van der Waals surface area contributed by atoms with E-state index in [0.717, 1.165) is 19.6 Å². The molecule has 0 atom stereocenters. The van der Waals surface area contributed by atoms with Crippen molar-refractivity contribution in [1.29, 1.82) is 0 Å². The molecule has 1 heterocycles. The van der Waals surface area contributed by atoms with Crippen LogP contribution in [0.3, 0.4) is 0 Å². The van der Waals surface area contributed by atoms with Crippen molar-refractivity contribution < 1.29 is 9.53 Å². The van der Waals surface area contributed by atoms with Crippen molar-refractivity contribution in [2.24, 2.45) is 5.73 Å². The maximum absolute atomic E-state index is 11.1. The number of hydrogen-bond donors (Lipinski definition) is 1. The van der Waals surface area contributed by atoms with Gasteiger partial charge in [0.15, 0.2) is 0 Å². The number of carbonyl (C=O) groups excluding carboxylic acids is 1. The Hall–Kier alpha value is -3.18. The molecule has 0 bridgehead atoms. The predicted molar refractivity (Wildman–Crippen MR) is 105 cm³/mol. The smallest absolute Gasteiger partial charge is 0.250 e. The molecule has 0 saturated heterocycles. The number of amides is 1. The average molecular weight is 361 g/mol. The third-order valence-electron chi connectivity index (χ3n) is 4.18. The van der Waals surface area contributed by atoms with E-state index in [1.165, 1.54) is 17.3 Å². The van der Waals surface area contributed by atoms with Gasteiger partial charge in [0, 0.05) is 31.9 Å².